The summed E-state index contributed by atoms with van der Waals surface area (Å²) >= 11 is 0. The van der Waals surface area contributed by atoms with Crippen molar-refractivity contribution in [2.75, 3.05) is 61.8 Å². The number of ether oxygens (including phenoxy) is 1. The molecule has 2 aromatic carbocycles. The van der Waals surface area contributed by atoms with Crippen LogP contribution in [0.2, 0.25) is 0 Å². The second-order valence-corrected chi connectivity index (χ2v) is 9.21. The second-order valence-electron chi connectivity index (χ2n) is 9.21. The van der Waals surface area contributed by atoms with Crippen LogP contribution in [0.1, 0.15) is 19.8 Å². The molecule has 36 heavy (non-hydrogen) atoms. The summed E-state index contributed by atoms with van der Waals surface area (Å²) in [6.07, 6.45) is 3.18. The van der Waals surface area contributed by atoms with E-state index in [9.17, 15) is 4.79 Å². The van der Waals surface area contributed by atoms with Crippen molar-refractivity contribution in [3.8, 4) is 5.75 Å². The fraction of sp³-hybridized carbons (Fsp3) is 0.407. The number of benzene rings is 2. The van der Waals surface area contributed by atoms with E-state index >= 15 is 0 Å². The number of amides is 1. The molecule has 0 aromatic heterocycles. The number of methoxy groups -OCH3 is 1. The van der Waals surface area contributed by atoms with E-state index < -0.39 is 0 Å². The van der Waals surface area contributed by atoms with Crippen LogP contribution in [0.4, 0.5) is 22.7 Å². The highest BCUT2D eigenvalue weighted by Gasteiger charge is 2.24. The number of rotatable bonds is 9. The van der Waals surface area contributed by atoms with Gasteiger partial charge >= 0.3 is 0 Å². The number of guanidine groups is 1. The van der Waals surface area contributed by atoms with Crippen LogP contribution in [-0.4, -0.2) is 70.3 Å². The number of nitrogens with zero attached hydrogens (tertiary/aromatic N) is 3. The van der Waals surface area contributed by atoms with Gasteiger partial charge in [0.1, 0.15) is 5.75 Å². The van der Waals surface area contributed by atoms with Crippen molar-refractivity contribution < 1.29 is 9.53 Å². The molecule has 1 saturated heterocycles. The molecule has 1 heterocycles. The molecule has 0 aliphatic carbocycles. The molecule has 3 rings (SSSR count). The highest BCUT2D eigenvalue weighted by Crippen LogP contribution is 2.38. The lowest BCUT2D eigenvalue weighted by atomic mass is 10.0. The molecule has 1 atom stereocenters. The molecular formula is C27H39N7O2. The number of hydrogen-bond acceptors (Lipinski definition) is 6. The maximum atomic E-state index is 12.2. The lowest BCUT2D eigenvalue weighted by Gasteiger charge is -2.37. The van der Waals surface area contributed by atoms with Crippen molar-refractivity contribution in [3.63, 3.8) is 0 Å². The van der Waals surface area contributed by atoms with E-state index in [-0.39, 0.29) is 18.0 Å². The molecular weight excluding hydrogens is 454 g/mol. The average molecular weight is 494 g/mol. The van der Waals surface area contributed by atoms with Crippen molar-refractivity contribution >= 4 is 34.6 Å². The summed E-state index contributed by atoms with van der Waals surface area (Å²) in [5.74, 6) is 0.415. The van der Waals surface area contributed by atoms with Crippen LogP contribution in [0.3, 0.4) is 0 Å². The molecule has 1 fully saturated rings. The predicted molar refractivity (Wildman–Crippen MR) is 150 cm³/mol. The zero-order valence-corrected chi connectivity index (χ0v) is 22.0. The van der Waals surface area contributed by atoms with Gasteiger partial charge in [-0.05, 0) is 58.1 Å². The fourth-order valence-corrected chi connectivity index (χ4v) is 4.37. The van der Waals surface area contributed by atoms with Crippen LogP contribution in [-0.2, 0) is 4.79 Å². The Morgan fingerprint density at radius 2 is 1.81 bits per heavy atom. The molecule has 0 saturated carbocycles. The first-order valence-electron chi connectivity index (χ1n) is 12.2. The van der Waals surface area contributed by atoms with Gasteiger partial charge in [-0.2, -0.15) is 0 Å². The first-order valence-corrected chi connectivity index (χ1v) is 12.2. The number of anilines is 4. The highest BCUT2D eigenvalue weighted by atomic mass is 16.5. The molecule has 0 bridgehead atoms. The number of nitrogens with one attached hydrogen (secondary N) is 4. The van der Waals surface area contributed by atoms with Crippen LogP contribution in [0.25, 0.3) is 0 Å². The third kappa shape index (κ3) is 6.69. The quantitative estimate of drug-likeness (QED) is 0.183. The zero-order valence-electron chi connectivity index (χ0n) is 22.0. The first kappa shape index (κ1) is 26.9. The summed E-state index contributed by atoms with van der Waals surface area (Å²) in [6.45, 7) is 7.31. The van der Waals surface area contributed by atoms with Crippen molar-refractivity contribution in [2.45, 2.75) is 32.0 Å². The highest BCUT2D eigenvalue weighted by molar-refractivity contribution is 6.03. The summed E-state index contributed by atoms with van der Waals surface area (Å²) in [4.78, 5) is 18.8. The van der Waals surface area contributed by atoms with Crippen molar-refractivity contribution in [2.24, 2.45) is 0 Å². The van der Waals surface area contributed by atoms with Gasteiger partial charge in [0.15, 0.2) is 5.96 Å². The normalized spacial score (nSPS) is 14.7. The Bertz CT molecular complexity index is 1050. The van der Waals surface area contributed by atoms with Gasteiger partial charge in [0.05, 0.1) is 30.3 Å². The molecule has 1 aliphatic heterocycles. The lowest BCUT2D eigenvalue weighted by molar-refractivity contribution is -0.111. The van der Waals surface area contributed by atoms with Crippen LogP contribution in [0.15, 0.2) is 55.1 Å². The van der Waals surface area contributed by atoms with Crippen LogP contribution < -0.4 is 30.5 Å². The minimum Gasteiger partial charge on any atom is -0.494 e. The van der Waals surface area contributed by atoms with Gasteiger partial charge in [-0.3, -0.25) is 10.2 Å². The molecule has 9 heteroatoms. The number of para-hydroxylation sites is 1. The van der Waals surface area contributed by atoms with Crippen molar-refractivity contribution in [1.29, 1.82) is 5.41 Å². The number of carbonyl (C=O) groups is 1. The third-order valence-electron chi connectivity index (χ3n) is 6.65. The summed E-state index contributed by atoms with van der Waals surface area (Å²) in [5.41, 5.74) is 3.16. The first-order chi connectivity index (χ1) is 17.2. The molecule has 194 valence electrons. The molecule has 9 nitrogen and oxygen atoms in total. The maximum absolute atomic E-state index is 12.2. The van der Waals surface area contributed by atoms with Gasteiger partial charge < -0.3 is 35.4 Å². The zero-order chi connectivity index (χ0) is 26.2. The third-order valence-corrected chi connectivity index (χ3v) is 6.65. The van der Waals surface area contributed by atoms with Gasteiger partial charge in [-0.25, -0.2) is 0 Å². The van der Waals surface area contributed by atoms with Gasteiger partial charge in [-0.1, -0.05) is 24.8 Å². The smallest absolute Gasteiger partial charge is 0.247 e. The number of carbonyl (C=O) groups excluding carboxylic acids is 1. The Morgan fingerprint density at radius 1 is 1.14 bits per heavy atom. The van der Waals surface area contributed by atoms with Gasteiger partial charge in [0.25, 0.3) is 0 Å². The monoisotopic (exact) mass is 493 g/mol. The Kier molecular flexibility index (Phi) is 9.19. The summed E-state index contributed by atoms with van der Waals surface area (Å²) in [7, 11) is 7.80. The van der Waals surface area contributed by atoms with E-state index in [0.29, 0.717) is 23.2 Å². The van der Waals surface area contributed by atoms with Crippen LogP contribution in [0.5, 0.6) is 5.75 Å². The summed E-state index contributed by atoms with van der Waals surface area (Å²) < 4.78 is 5.68. The van der Waals surface area contributed by atoms with Crippen LogP contribution >= 0.6 is 0 Å². The molecule has 1 unspecified atom stereocenters. The predicted octanol–water partition coefficient (Wildman–Crippen LogP) is 3.77. The van der Waals surface area contributed by atoms with Gasteiger partial charge in [-0.15, -0.1) is 0 Å². The Morgan fingerprint density at radius 3 is 2.39 bits per heavy atom. The van der Waals surface area contributed by atoms with E-state index in [1.165, 1.54) is 6.08 Å². The van der Waals surface area contributed by atoms with Gasteiger partial charge in [0, 0.05) is 37.9 Å². The minimum absolute atomic E-state index is 0.115. The molecule has 1 aliphatic rings. The Hall–Kier alpha value is -3.72. The van der Waals surface area contributed by atoms with E-state index in [1.807, 2.05) is 61.3 Å². The lowest BCUT2D eigenvalue weighted by Crippen LogP contribution is -2.46. The molecule has 4 N–H and O–H groups in total. The van der Waals surface area contributed by atoms with Gasteiger partial charge in [0.2, 0.25) is 5.91 Å². The topological polar surface area (TPSA) is 96.0 Å². The van der Waals surface area contributed by atoms with E-state index in [0.717, 1.165) is 37.3 Å². The van der Waals surface area contributed by atoms with Crippen LogP contribution in [0, 0.1) is 5.41 Å². The minimum atomic E-state index is -0.290. The van der Waals surface area contributed by atoms with Crippen molar-refractivity contribution in [1.82, 2.24) is 10.2 Å². The molecule has 1 amide bonds. The molecule has 2 aromatic rings. The summed E-state index contributed by atoms with van der Waals surface area (Å²) in [6, 6.07) is 14.3. The molecule has 0 radical (unpaired) electrons. The SMILES string of the molecule is C=CC(=O)Nc1cc(NC(=N)NC(C)N(C)c2ccccc2)c(OC)cc1N1CCC(N(C)C)CC1. The number of hydrogen-bond donors (Lipinski definition) is 4. The van der Waals surface area contributed by atoms with Crippen molar-refractivity contribution in [3.05, 3.63) is 55.1 Å². The number of piperidine rings is 1. The average Bonchev–Trinajstić information content (AvgIpc) is 2.88. The fourth-order valence-electron chi connectivity index (χ4n) is 4.37. The second kappa shape index (κ2) is 12.3. The Balaban J connectivity index is 1.80. The van der Waals surface area contributed by atoms with E-state index in [4.69, 9.17) is 10.1 Å². The van der Waals surface area contributed by atoms with E-state index in [1.54, 1.807) is 7.11 Å². The summed E-state index contributed by atoms with van der Waals surface area (Å²) in [5, 5.41) is 17.7. The van der Waals surface area contributed by atoms with E-state index in [2.05, 4.69) is 46.4 Å². The largest absolute Gasteiger partial charge is 0.494 e. The maximum Gasteiger partial charge on any atom is 0.247 e. The molecule has 0 spiro atoms. The Labute approximate surface area is 214 Å². The standard InChI is InChI=1S/C27H39N7O2/c1-7-26(35)30-22-17-23(31-27(28)29-19(2)33(5)21-11-9-8-10-12-21)25(36-6)18-24(22)34-15-13-20(14-16-34)32(3)4/h7-12,17-20H,1,13-16H2,2-6H3,(H,30,35)(H3,28,29,31).